The molecule has 6 nitrogen and oxygen atoms in total. The van der Waals surface area contributed by atoms with Gasteiger partial charge in [-0.05, 0) is 11.5 Å². The lowest BCUT2D eigenvalue weighted by molar-refractivity contribution is -0.124. The number of rotatable bonds is 7. The second-order valence-electron chi connectivity index (χ2n) is 7.47. The molecule has 1 heterocycles. The molecule has 0 saturated carbocycles. The monoisotopic (exact) mass is 349 g/mol. The van der Waals surface area contributed by atoms with Crippen molar-refractivity contribution in [3.8, 4) is 5.75 Å². The van der Waals surface area contributed by atoms with Gasteiger partial charge in [0.25, 0.3) is 0 Å². The highest BCUT2D eigenvalue weighted by atomic mass is 16.5. The van der Waals surface area contributed by atoms with Crippen LogP contribution in [0.4, 0.5) is 0 Å². The normalized spacial score (nSPS) is 17.1. The van der Waals surface area contributed by atoms with E-state index >= 15 is 0 Å². The van der Waals surface area contributed by atoms with Gasteiger partial charge < -0.3 is 20.5 Å². The molecule has 1 aliphatic heterocycles. The SMILES string of the molecule is CC(C)(C)[C@H](N)C(=O)NCc1ccccc1OCCN1CCOCC1. The summed E-state index contributed by atoms with van der Waals surface area (Å²) in [5.41, 5.74) is 6.69. The van der Waals surface area contributed by atoms with E-state index in [0.29, 0.717) is 13.2 Å². The Morgan fingerprint density at radius 1 is 1.32 bits per heavy atom. The van der Waals surface area contributed by atoms with Gasteiger partial charge in [-0.3, -0.25) is 9.69 Å². The number of nitrogens with two attached hydrogens (primary N) is 1. The van der Waals surface area contributed by atoms with E-state index in [1.807, 2.05) is 45.0 Å². The summed E-state index contributed by atoms with van der Waals surface area (Å²) in [6.45, 7) is 11.3. The Balaban J connectivity index is 1.84. The standard InChI is InChI=1S/C19H31N3O3/c1-19(2,3)17(20)18(23)21-14-15-6-4-5-7-16(15)25-13-10-22-8-11-24-12-9-22/h4-7,17H,8-14,20H2,1-3H3,(H,21,23)/t17-/m1/s1. The van der Waals surface area contributed by atoms with Crippen molar-refractivity contribution >= 4 is 5.91 Å². The molecule has 0 spiro atoms. The van der Waals surface area contributed by atoms with Gasteiger partial charge in [-0.15, -0.1) is 0 Å². The Kier molecular flexibility index (Phi) is 7.23. The average Bonchev–Trinajstić information content (AvgIpc) is 2.60. The molecular formula is C19H31N3O3. The minimum atomic E-state index is -0.540. The van der Waals surface area contributed by atoms with Crippen molar-refractivity contribution in [3.63, 3.8) is 0 Å². The summed E-state index contributed by atoms with van der Waals surface area (Å²) >= 11 is 0. The van der Waals surface area contributed by atoms with Crippen molar-refractivity contribution in [2.75, 3.05) is 39.5 Å². The molecule has 140 valence electrons. The van der Waals surface area contributed by atoms with E-state index in [1.54, 1.807) is 0 Å². The fourth-order valence-corrected chi connectivity index (χ4v) is 2.59. The third-order valence-electron chi connectivity index (χ3n) is 4.41. The van der Waals surface area contributed by atoms with E-state index in [4.69, 9.17) is 15.2 Å². The topological polar surface area (TPSA) is 76.8 Å². The van der Waals surface area contributed by atoms with E-state index in [9.17, 15) is 4.79 Å². The first-order valence-electron chi connectivity index (χ1n) is 8.92. The van der Waals surface area contributed by atoms with Crippen LogP contribution in [-0.2, 0) is 16.1 Å². The molecule has 0 unspecified atom stereocenters. The smallest absolute Gasteiger partial charge is 0.237 e. The Bertz CT molecular complexity index is 551. The summed E-state index contributed by atoms with van der Waals surface area (Å²) in [6, 6.07) is 7.25. The molecule has 0 radical (unpaired) electrons. The molecule has 1 atom stereocenters. The van der Waals surface area contributed by atoms with Crippen LogP contribution in [0, 0.1) is 5.41 Å². The maximum Gasteiger partial charge on any atom is 0.237 e. The maximum atomic E-state index is 12.2. The zero-order chi connectivity index (χ0) is 18.3. The highest BCUT2D eigenvalue weighted by molar-refractivity contribution is 5.82. The van der Waals surface area contributed by atoms with Gasteiger partial charge in [0.1, 0.15) is 12.4 Å². The number of nitrogens with one attached hydrogen (secondary N) is 1. The van der Waals surface area contributed by atoms with Crippen molar-refractivity contribution in [2.24, 2.45) is 11.1 Å². The second-order valence-corrected chi connectivity index (χ2v) is 7.47. The lowest BCUT2D eigenvalue weighted by Gasteiger charge is -2.27. The lowest BCUT2D eigenvalue weighted by Crippen LogP contribution is -2.48. The molecule has 2 rings (SSSR count). The van der Waals surface area contributed by atoms with Crippen LogP contribution < -0.4 is 15.8 Å². The van der Waals surface area contributed by atoms with Gasteiger partial charge in [0.05, 0.1) is 19.3 Å². The minimum Gasteiger partial charge on any atom is -0.492 e. The Hall–Kier alpha value is -1.63. The number of para-hydroxylation sites is 1. The Morgan fingerprint density at radius 2 is 2.00 bits per heavy atom. The fourth-order valence-electron chi connectivity index (χ4n) is 2.59. The molecule has 25 heavy (non-hydrogen) atoms. The molecular weight excluding hydrogens is 318 g/mol. The number of carbonyl (C=O) groups is 1. The van der Waals surface area contributed by atoms with Crippen LogP contribution >= 0.6 is 0 Å². The second kappa shape index (κ2) is 9.17. The van der Waals surface area contributed by atoms with Gasteiger partial charge in [0.15, 0.2) is 0 Å². The fraction of sp³-hybridized carbons (Fsp3) is 0.632. The van der Waals surface area contributed by atoms with Gasteiger partial charge in [0, 0.05) is 31.7 Å². The predicted octanol–water partition coefficient (Wildman–Crippen LogP) is 1.39. The molecule has 0 aliphatic carbocycles. The molecule has 1 amide bonds. The van der Waals surface area contributed by atoms with E-state index in [1.165, 1.54) is 0 Å². The van der Waals surface area contributed by atoms with Gasteiger partial charge in [0.2, 0.25) is 5.91 Å². The third kappa shape index (κ3) is 6.30. The number of ether oxygens (including phenoxy) is 2. The molecule has 6 heteroatoms. The predicted molar refractivity (Wildman–Crippen MR) is 98.5 cm³/mol. The van der Waals surface area contributed by atoms with Crippen LogP contribution in [0.3, 0.4) is 0 Å². The van der Waals surface area contributed by atoms with Crippen LogP contribution in [0.15, 0.2) is 24.3 Å². The highest BCUT2D eigenvalue weighted by Crippen LogP contribution is 2.20. The van der Waals surface area contributed by atoms with E-state index < -0.39 is 6.04 Å². The number of hydrogen-bond donors (Lipinski definition) is 2. The van der Waals surface area contributed by atoms with Gasteiger partial charge in [-0.1, -0.05) is 39.0 Å². The van der Waals surface area contributed by atoms with E-state index in [-0.39, 0.29) is 11.3 Å². The van der Waals surface area contributed by atoms with Crippen molar-refractivity contribution in [3.05, 3.63) is 29.8 Å². The number of hydrogen-bond acceptors (Lipinski definition) is 5. The van der Waals surface area contributed by atoms with Gasteiger partial charge in [-0.25, -0.2) is 0 Å². The van der Waals surface area contributed by atoms with Crippen LogP contribution in [0.5, 0.6) is 5.75 Å². The van der Waals surface area contributed by atoms with Gasteiger partial charge >= 0.3 is 0 Å². The minimum absolute atomic E-state index is 0.143. The molecule has 0 bridgehead atoms. The number of nitrogens with zero attached hydrogens (tertiary/aromatic N) is 1. The van der Waals surface area contributed by atoms with Crippen molar-refractivity contribution < 1.29 is 14.3 Å². The summed E-state index contributed by atoms with van der Waals surface area (Å²) in [4.78, 5) is 14.5. The molecule has 1 saturated heterocycles. The summed E-state index contributed by atoms with van der Waals surface area (Å²) < 4.78 is 11.3. The summed E-state index contributed by atoms with van der Waals surface area (Å²) in [5.74, 6) is 0.663. The number of benzene rings is 1. The Morgan fingerprint density at radius 3 is 2.68 bits per heavy atom. The quantitative estimate of drug-likeness (QED) is 0.778. The first-order chi connectivity index (χ1) is 11.9. The first-order valence-corrected chi connectivity index (χ1v) is 8.92. The molecule has 1 aromatic rings. The lowest BCUT2D eigenvalue weighted by atomic mass is 9.87. The maximum absolute atomic E-state index is 12.2. The highest BCUT2D eigenvalue weighted by Gasteiger charge is 2.27. The average molecular weight is 349 g/mol. The zero-order valence-corrected chi connectivity index (χ0v) is 15.6. The zero-order valence-electron chi connectivity index (χ0n) is 15.6. The number of carbonyl (C=O) groups excluding carboxylic acids is 1. The number of morpholine rings is 1. The molecule has 1 fully saturated rings. The molecule has 3 N–H and O–H groups in total. The molecule has 0 aromatic heterocycles. The Labute approximate surface area is 150 Å². The van der Waals surface area contributed by atoms with Crippen LogP contribution in [0.1, 0.15) is 26.3 Å². The molecule has 1 aromatic carbocycles. The number of amides is 1. The van der Waals surface area contributed by atoms with Crippen LogP contribution in [-0.4, -0.2) is 56.3 Å². The van der Waals surface area contributed by atoms with Crippen molar-refractivity contribution in [1.82, 2.24) is 10.2 Å². The van der Waals surface area contributed by atoms with Crippen molar-refractivity contribution in [2.45, 2.75) is 33.4 Å². The first kappa shape index (κ1) is 19.7. The van der Waals surface area contributed by atoms with E-state index in [0.717, 1.165) is 44.2 Å². The van der Waals surface area contributed by atoms with Gasteiger partial charge in [-0.2, -0.15) is 0 Å². The molecule has 1 aliphatic rings. The van der Waals surface area contributed by atoms with Crippen LogP contribution in [0.2, 0.25) is 0 Å². The van der Waals surface area contributed by atoms with E-state index in [2.05, 4.69) is 10.2 Å². The largest absolute Gasteiger partial charge is 0.492 e. The van der Waals surface area contributed by atoms with Crippen LogP contribution in [0.25, 0.3) is 0 Å². The van der Waals surface area contributed by atoms with Crippen molar-refractivity contribution in [1.29, 1.82) is 0 Å². The summed E-state index contributed by atoms with van der Waals surface area (Å²) in [7, 11) is 0. The third-order valence-corrected chi connectivity index (χ3v) is 4.41. The summed E-state index contributed by atoms with van der Waals surface area (Å²) in [5, 5.41) is 2.91. The summed E-state index contributed by atoms with van der Waals surface area (Å²) in [6.07, 6.45) is 0.